The first-order valence-electron chi connectivity index (χ1n) is 11.9. The number of Topliss-reactive ketones (excluding diaryl/α,β-unsaturated/α-hetero) is 1. The fraction of sp³-hybridized carbons (Fsp3) is 0.640. The number of aliphatic hydroxyl groups excluding tert-OH is 2. The van der Waals surface area contributed by atoms with Crippen LogP contribution in [0.25, 0.3) is 0 Å². The Labute approximate surface area is 205 Å². The minimum atomic E-state index is -1.27. The Morgan fingerprint density at radius 2 is 1.71 bits per heavy atom. The molecular formula is C25H36N2O8. The summed E-state index contributed by atoms with van der Waals surface area (Å²) in [6, 6.07) is 1.68. The molecule has 10 nitrogen and oxygen atoms in total. The van der Waals surface area contributed by atoms with Gasteiger partial charge in [-0.05, 0) is 54.9 Å². The minimum Gasteiger partial charge on any atom is -0.493 e. The van der Waals surface area contributed by atoms with Gasteiger partial charge in [-0.1, -0.05) is 13.8 Å². The van der Waals surface area contributed by atoms with Crippen LogP contribution in [0.5, 0.6) is 11.5 Å². The topological polar surface area (TPSA) is 147 Å². The minimum absolute atomic E-state index is 0.0823. The van der Waals surface area contributed by atoms with Crippen LogP contribution < -0.4 is 20.1 Å². The van der Waals surface area contributed by atoms with Crippen molar-refractivity contribution < 1.29 is 38.8 Å². The number of hydrogen-bond acceptors (Lipinski definition) is 8. The van der Waals surface area contributed by atoms with E-state index in [0.717, 1.165) is 11.1 Å². The summed E-state index contributed by atoms with van der Waals surface area (Å²) in [6.45, 7) is 2.84. The molecule has 4 N–H and O–H groups in total. The summed E-state index contributed by atoms with van der Waals surface area (Å²) < 4.78 is 15.9. The third kappa shape index (κ3) is 6.12. The average molecular weight is 493 g/mol. The van der Waals surface area contributed by atoms with Crippen molar-refractivity contribution in [2.75, 3.05) is 34.0 Å². The van der Waals surface area contributed by atoms with Crippen LogP contribution in [0.3, 0.4) is 0 Å². The number of hydrogen-bond donors (Lipinski definition) is 4. The maximum atomic E-state index is 13.0. The van der Waals surface area contributed by atoms with Gasteiger partial charge in [-0.15, -0.1) is 0 Å². The molecule has 35 heavy (non-hydrogen) atoms. The van der Waals surface area contributed by atoms with Gasteiger partial charge in [0.05, 0.1) is 40.1 Å². The van der Waals surface area contributed by atoms with Crippen LogP contribution in [0.2, 0.25) is 0 Å². The zero-order valence-corrected chi connectivity index (χ0v) is 20.8. The number of rotatable bonds is 12. The highest BCUT2D eigenvalue weighted by atomic mass is 16.6. The van der Waals surface area contributed by atoms with Crippen molar-refractivity contribution in [2.24, 2.45) is 11.8 Å². The Hall–Kier alpha value is -2.69. The van der Waals surface area contributed by atoms with E-state index < -0.39 is 42.6 Å². The van der Waals surface area contributed by atoms with E-state index in [4.69, 9.17) is 14.2 Å². The van der Waals surface area contributed by atoms with Gasteiger partial charge in [-0.3, -0.25) is 14.4 Å². The lowest BCUT2D eigenvalue weighted by atomic mass is 9.83. The number of aryl methyl sites for hydroxylation is 1. The van der Waals surface area contributed by atoms with E-state index in [1.807, 2.05) is 26.0 Å². The number of ketones is 1. The molecule has 0 saturated carbocycles. The van der Waals surface area contributed by atoms with E-state index >= 15 is 0 Å². The lowest BCUT2D eigenvalue weighted by Gasteiger charge is -2.28. The first-order chi connectivity index (χ1) is 16.7. The molecule has 0 radical (unpaired) electrons. The summed E-state index contributed by atoms with van der Waals surface area (Å²) in [7, 11) is 3.13. The van der Waals surface area contributed by atoms with Crippen molar-refractivity contribution >= 4 is 17.6 Å². The van der Waals surface area contributed by atoms with Gasteiger partial charge in [-0.25, -0.2) is 0 Å². The van der Waals surface area contributed by atoms with Gasteiger partial charge < -0.3 is 35.1 Å². The van der Waals surface area contributed by atoms with Crippen LogP contribution in [0.15, 0.2) is 12.1 Å². The molecule has 0 aromatic heterocycles. The molecule has 10 heteroatoms. The van der Waals surface area contributed by atoms with Crippen LogP contribution >= 0.6 is 0 Å². The number of nitrogens with one attached hydrogen (secondary N) is 2. The highest BCUT2D eigenvalue weighted by Crippen LogP contribution is 2.35. The fourth-order valence-corrected chi connectivity index (χ4v) is 4.48. The predicted molar refractivity (Wildman–Crippen MR) is 126 cm³/mol. The van der Waals surface area contributed by atoms with Crippen LogP contribution in [-0.2, 0) is 32.0 Å². The Bertz CT molecular complexity index is 944. The second kappa shape index (κ2) is 11.4. The van der Waals surface area contributed by atoms with Crippen molar-refractivity contribution in [1.29, 1.82) is 0 Å². The van der Waals surface area contributed by atoms with Crippen molar-refractivity contribution in [3.63, 3.8) is 0 Å². The van der Waals surface area contributed by atoms with E-state index in [2.05, 4.69) is 10.6 Å². The largest absolute Gasteiger partial charge is 0.493 e. The maximum Gasteiger partial charge on any atom is 0.245 e. The summed E-state index contributed by atoms with van der Waals surface area (Å²) in [5.41, 5.74) is 0.781. The Morgan fingerprint density at radius 1 is 1.09 bits per heavy atom. The van der Waals surface area contributed by atoms with Gasteiger partial charge in [0, 0.05) is 5.92 Å². The summed E-state index contributed by atoms with van der Waals surface area (Å²) in [5.74, 6) is -0.484. The summed E-state index contributed by atoms with van der Waals surface area (Å²) in [4.78, 5) is 38.8. The monoisotopic (exact) mass is 492 g/mol. The Balaban J connectivity index is 1.65. The molecule has 1 aliphatic carbocycles. The number of amides is 2. The van der Waals surface area contributed by atoms with Crippen molar-refractivity contribution in [3.8, 4) is 11.5 Å². The van der Waals surface area contributed by atoms with E-state index in [1.165, 1.54) is 0 Å². The van der Waals surface area contributed by atoms with Crippen LogP contribution in [0.1, 0.15) is 37.8 Å². The molecule has 0 bridgehead atoms. The van der Waals surface area contributed by atoms with Gasteiger partial charge in [0.1, 0.15) is 6.04 Å². The van der Waals surface area contributed by atoms with Crippen molar-refractivity contribution in [3.05, 3.63) is 23.3 Å². The number of carbonyl (C=O) groups is 3. The second-order valence-corrected chi connectivity index (χ2v) is 9.66. The molecule has 1 fully saturated rings. The third-order valence-corrected chi connectivity index (χ3v) is 6.66. The molecule has 3 rings (SSSR count). The lowest BCUT2D eigenvalue weighted by Crippen LogP contribution is -2.56. The quantitative estimate of drug-likeness (QED) is 0.302. The van der Waals surface area contributed by atoms with Crippen LogP contribution in [0.4, 0.5) is 0 Å². The molecule has 1 aromatic carbocycles. The molecule has 0 spiro atoms. The molecule has 1 saturated heterocycles. The van der Waals surface area contributed by atoms with Crippen LogP contribution in [-0.4, -0.2) is 79.5 Å². The number of aliphatic hydroxyl groups is 2. The number of methoxy groups -OCH3 is 2. The highest BCUT2D eigenvalue weighted by Gasteiger charge is 2.54. The smallest absolute Gasteiger partial charge is 0.245 e. The Kier molecular flexibility index (Phi) is 8.74. The molecule has 2 aliphatic rings. The van der Waals surface area contributed by atoms with Gasteiger partial charge in [0.15, 0.2) is 22.9 Å². The molecule has 194 valence electrons. The zero-order chi connectivity index (χ0) is 25.8. The molecule has 1 heterocycles. The first-order valence-corrected chi connectivity index (χ1v) is 11.9. The SMILES string of the molecule is COc1cc2c(cc1OC)CC(C(=O)NC(CO)C(=O)NC(CC(C)C)C(=O)C1(CO)CO1)CC2. The molecule has 4 unspecified atom stereocenters. The fourth-order valence-electron chi connectivity index (χ4n) is 4.48. The third-order valence-electron chi connectivity index (χ3n) is 6.66. The van der Waals surface area contributed by atoms with E-state index in [1.54, 1.807) is 14.2 Å². The number of ether oxygens (including phenoxy) is 3. The number of epoxide rings is 1. The van der Waals surface area contributed by atoms with Crippen molar-refractivity contribution in [2.45, 2.75) is 57.2 Å². The van der Waals surface area contributed by atoms with E-state index in [9.17, 15) is 24.6 Å². The Morgan fingerprint density at radius 3 is 2.23 bits per heavy atom. The average Bonchev–Trinajstić information content (AvgIpc) is 3.65. The molecule has 1 aromatic rings. The van der Waals surface area contributed by atoms with Gasteiger partial charge >= 0.3 is 0 Å². The number of benzene rings is 1. The molecular weight excluding hydrogens is 456 g/mol. The standard InChI is InChI=1S/C25H36N2O8/c1-14(2)7-18(22(30)25(12-29)13-35-25)26-24(32)19(11-28)27-23(31)16-6-5-15-9-20(33-3)21(34-4)10-17(15)8-16/h9-10,14,16,18-19,28-29H,5-8,11-13H2,1-4H3,(H,26,32)(H,27,31). The lowest BCUT2D eigenvalue weighted by molar-refractivity contribution is -0.135. The predicted octanol–water partition coefficient (Wildman–Crippen LogP) is 0.147. The van der Waals surface area contributed by atoms with E-state index in [0.29, 0.717) is 37.2 Å². The summed E-state index contributed by atoms with van der Waals surface area (Å²) >= 11 is 0. The molecule has 4 atom stereocenters. The highest BCUT2D eigenvalue weighted by molar-refractivity contribution is 5.98. The maximum absolute atomic E-state index is 13.0. The zero-order valence-electron chi connectivity index (χ0n) is 20.8. The van der Waals surface area contributed by atoms with Gasteiger partial charge in [-0.2, -0.15) is 0 Å². The number of fused-ring (bicyclic) bond motifs is 1. The molecule has 1 aliphatic heterocycles. The van der Waals surface area contributed by atoms with Gasteiger partial charge in [0.2, 0.25) is 11.8 Å². The summed E-state index contributed by atoms with van der Waals surface area (Å²) in [6.07, 6.45) is 2.05. The van der Waals surface area contributed by atoms with Crippen molar-refractivity contribution in [1.82, 2.24) is 10.6 Å². The van der Waals surface area contributed by atoms with Gasteiger partial charge in [0.25, 0.3) is 0 Å². The molecule has 2 amide bonds. The van der Waals surface area contributed by atoms with E-state index in [-0.39, 0.29) is 24.3 Å². The van der Waals surface area contributed by atoms with Crippen LogP contribution in [0, 0.1) is 11.8 Å². The first kappa shape index (κ1) is 26.9. The second-order valence-electron chi connectivity index (χ2n) is 9.66. The summed E-state index contributed by atoms with van der Waals surface area (Å²) in [5, 5.41) is 24.6. The normalized spacial score (nSPS) is 22.5. The number of carbonyl (C=O) groups excluding carboxylic acids is 3.